The molecule has 0 saturated carbocycles. The number of hydrogen-bond acceptors (Lipinski definition) is 5. The number of halogens is 1. The Bertz CT molecular complexity index is 1440. The first kappa shape index (κ1) is 21.0. The van der Waals surface area contributed by atoms with Crippen LogP contribution in [-0.2, 0) is 25.9 Å². The van der Waals surface area contributed by atoms with Crippen LogP contribution in [0.2, 0.25) is 0 Å². The predicted molar refractivity (Wildman–Crippen MR) is 117 cm³/mol. The molecule has 6 nitrogen and oxygen atoms in total. The van der Waals surface area contributed by atoms with Crippen LogP contribution in [0.5, 0.6) is 0 Å². The number of rotatable bonds is 5. The Morgan fingerprint density at radius 1 is 1.16 bits per heavy atom. The van der Waals surface area contributed by atoms with Crippen molar-refractivity contribution in [1.29, 1.82) is 0 Å². The summed E-state index contributed by atoms with van der Waals surface area (Å²) in [5.41, 5.74) is 3.21. The molecule has 31 heavy (non-hydrogen) atoms. The molecule has 4 aromatic rings. The molecule has 0 atom stereocenters. The second kappa shape index (κ2) is 7.77. The third kappa shape index (κ3) is 3.67. The summed E-state index contributed by atoms with van der Waals surface area (Å²) in [5.74, 6) is -0.797. The lowest BCUT2D eigenvalue weighted by atomic mass is 9.98. The normalized spacial score (nSPS) is 11.9. The summed E-state index contributed by atoms with van der Waals surface area (Å²) in [6.45, 7) is 3.84. The molecule has 2 heterocycles. The monoisotopic (exact) mass is 440 g/mol. The standard InChI is InChI=1S/C23H21FN2O4S/c1-4-30-21(27)13-26-14(2)22(18-12-15(24)8-9-19(18)26)16-10-11-25-23-17(16)6-5-7-20(23)31(3,28)29/h5-12H,4,13H2,1-3H3. The Labute approximate surface area is 179 Å². The van der Waals surface area contributed by atoms with Crippen molar-refractivity contribution in [3.8, 4) is 11.1 Å². The Morgan fingerprint density at radius 2 is 1.94 bits per heavy atom. The number of para-hydroxylation sites is 1. The average Bonchev–Trinajstić information content (AvgIpc) is 2.97. The van der Waals surface area contributed by atoms with E-state index >= 15 is 0 Å². The van der Waals surface area contributed by atoms with Gasteiger partial charge in [-0.15, -0.1) is 0 Å². The van der Waals surface area contributed by atoms with Gasteiger partial charge in [-0.3, -0.25) is 9.78 Å². The summed E-state index contributed by atoms with van der Waals surface area (Å²) in [6, 6.07) is 11.1. The topological polar surface area (TPSA) is 78.3 Å². The summed E-state index contributed by atoms with van der Waals surface area (Å²) in [6.07, 6.45) is 2.68. The summed E-state index contributed by atoms with van der Waals surface area (Å²) in [5, 5.41) is 1.26. The molecule has 8 heteroatoms. The van der Waals surface area contributed by atoms with Gasteiger partial charge in [0.25, 0.3) is 0 Å². The second-order valence-electron chi connectivity index (χ2n) is 7.30. The second-order valence-corrected chi connectivity index (χ2v) is 9.28. The zero-order valence-electron chi connectivity index (χ0n) is 17.3. The van der Waals surface area contributed by atoms with Crippen molar-refractivity contribution in [2.45, 2.75) is 25.3 Å². The van der Waals surface area contributed by atoms with Crippen molar-refractivity contribution in [3.05, 3.63) is 60.2 Å². The molecule has 2 aromatic carbocycles. The van der Waals surface area contributed by atoms with E-state index in [1.807, 2.05) is 6.92 Å². The number of carbonyl (C=O) groups is 1. The minimum Gasteiger partial charge on any atom is -0.465 e. The lowest BCUT2D eigenvalue weighted by Crippen LogP contribution is -2.14. The molecule has 0 saturated heterocycles. The molecule has 0 N–H and O–H groups in total. The minimum atomic E-state index is -3.49. The maximum absolute atomic E-state index is 14.2. The molecule has 0 aliphatic rings. The number of fused-ring (bicyclic) bond motifs is 2. The maximum Gasteiger partial charge on any atom is 0.325 e. The molecule has 2 aromatic heterocycles. The van der Waals surface area contributed by atoms with E-state index in [0.717, 1.165) is 17.5 Å². The van der Waals surface area contributed by atoms with Crippen molar-refractivity contribution in [2.75, 3.05) is 12.9 Å². The van der Waals surface area contributed by atoms with Crippen LogP contribution < -0.4 is 0 Å². The predicted octanol–water partition coefficient (Wildman–Crippen LogP) is 4.27. The van der Waals surface area contributed by atoms with Crippen molar-refractivity contribution in [3.63, 3.8) is 0 Å². The fraction of sp³-hybridized carbons (Fsp3) is 0.217. The quantitative estimate of drug-likeness (QED) is 0.433. The molecule has 0 spiro atoms. The number of esters is 1. The van der Waals surface area contributed by atoms with Gasteiger partial charge in [0, 0.05) is 40.0 Å². The SMILES string of the molecule is CCOC(=O)Cn1c(C)c(-c2ccnc3c(S(C)(=O)=O)cccc23)c2cc(F)ccc21. The number of carbonyl (C=O) groups excluding carboxylic acids is 1. The van der Waals surface area contributed by atoms with Gasteiger partial charge in [0.1, 0.15) is 12.4 Å². The van der Waals surface area contributed by atoms with Crippen molar-refractivity contribution in [1.82, 2.24) is 9.55 Å². The highest BCUT2D eigenvalue weighted by Crippen LogP contribution is 2.39. The number of hydrogen-bond donors (Lipinski definition) is 0. The largest absolute Gasteiger partial charge is 0.465 e. The third-order valence-corrected chi connectivity index (χ3v) is 6.41. The lowest BCUT2D eigenvalue weighted by Gasteiger charge is -2.11. The number of sulfone groups is 1. The molecule has 0 unspecified atom stereocenters. The highest BCUT2D eigenvalue weighted by atomic mass is 32.2. The van der Waals surface area contributed by atoms with Crippen molar-refractivity contribution < 1.29 is 22.3 Å². The fourth-order valence-electron chi connectivity index (χ4n) is 4.00. The number of aromatic nitrogens is 2. The minimum absolute atomic E-state index is 0.0145. The van der Waals surface area contributed by atoms with Gasteiger partial charge >= 0.3 is 5.97 Å². The van der Waals surface area contributed by atoms with Gasteiger partial charge in [-0.2, -0.15) is 0 Å². The Hall–Kier alpha value is -3.26. The molecular weight excluding hydrogens is 419 g/mol. The number of pyridine rings is 1. The van der Waals surface area contributed by atoms with E-state index in [2.05, 4.69) is 4.98 Å². The third-order valence-electron chi connectivity index (χ3n) is 5.28. The zero-order chi connectivity index (χ0) is 22.3. The number of benzene rings is 2. The van der Waals surface area contributed by atoms with E-state index in [9.17, 15) is 17.6 Å². The van der Waals surface area contributed by atoms with E-state index in [0.29, 0.717) is 27.4 Å². The van der Waals surface area contributed by atoms with Gasteiger partial charge in [0.15, 0.2) is 9.84 Å². The fourth-order valence-corrected chi connectivity index (χ4v) is 4.84. The first-order valence-corrected chi connectivity index (χ1v) is 11.6. The van der Waals surface area contributed by atoms with Crippen LogP contribution in [-0.4, -0.2) is 36.8 Å². The summed E-state index contributed by atoms with van der Waals surface area (Å²) < 4.78 is 45.6. The van der Waals surface area contributed by atoms with E-state index in [1.165, 1.54) is 18.2 Å². The first-order valence-electron chi connectivity index (χ1n) is 9.74. The van der Waals surface area contributed by atoms with Crippen LogP contribution in [0.3, 0.4) is 0 Å². The van der Waals surface area contributed by atoms with Crippen LogP contribution in [0, 0.1) is 12.7 Å². The highest BCUT2D eigenvalue weighted by molar-refractivity contribution is 7.91. The van der Waals surface area contributed by atoms with Gasteiger partial charge in [-0.05, 0) is 49.7 Å². The van der Waals surface area contributed by atoms with Crippen LogP contribution >= 0.6 is 0 Å². The highest BCUT2D eigenvalue weighted by Gasteiger charge is 2.21. The molecule has 4 rings (SSSR count). The van der Waals surface area contributed by atoms with E-state index in [1.54, 1.807) is 42.0 Å². The molecule has 0 fully saturated rings. The number of nitrogens with zero attached hydrogens (tertiary/aromatic N) is 2. The summed E-state index contributed by atoms with van der Waals surface area (Å²) in [7, 11) is -3.49. The van der Waals surface area contributed by atoms with Crippen LogP contribution in [0.1, 0.15) is 12.6 Å². The van der Waals surface area contributed by atoms with Gasteiger partial charge in [-0.25, -0.2) is 12.8 Å². The summed E-state index contributed by atoms with van der Waals surface area (Å²) >= 11 is 0. The zero-order valence-corrected chi connectivity index (χ0v) is 18.2. The van der Waals surface area contributed by atoms with Gasteiger partial charge in [-0.1, -0.05) is 12.1 Å². The molecule has 0 bridgehead atoms. The Balaban J connectivity index is 2.05. The molecule has 0 amide bonds. The van der Waals surface area contributed by atoms with E-state index < -0.39 is 21.6 Å². The Morgan fingerprint density at radius 3 is 2.65 bits per heavy atom. The number of ether oxygens (including phenoxy) is 1. The van der Waals surface area contributed by atoms with Gasteiger partial charge in [0.05, 0.1) is 17.0 Å². The maximum atomic E-state index is 14.2. The average molecular weight is 440 g/mol. The molecule has 0 radical (unpaired) electrons. The van der Waals surface area contributed by atoms with E-state index in [4.69, 9.17) is 4.74 Å². The molecular formula is C23H21FN2O4S. The van der Waals surface area contributed by atoms with Crippen LogP contribution in [0.15, 0.2) is 53.6 Å². The molecule has 0 aliphatic carbocycles. The van der Waals surface area contributed by atoms with Crippen LogP contribution in [0.4, 0.5) is 4.39 Å². The molecule has 0 aliphatic heterocycles. The van der Waals surface area contributed by atoms with Crippen molar-refractivity contribution in [2.24, 2.45) is 0 Å². The van der Waals surface area contributed by atoms with Crippen LogP contribution in [0.25, 0.3) is 32.9 Å². The summed E-state index contributed by atoms with van der Waals surface area (Å²) in [4.78, 5) is 16.6. The van der Waals surface area contributed by atoms with Crippen molar-refractivity contribution >= 4 is 37.6 Å². The van der Waals surface area contributed by atoms with Gasteiger partial charge < -0.3 is 9.30 Å². The Kier molecular flexibility index (Phi) is 5.26. The lowest BCUT2D eigenvalue weighted by molar-refractivity contribution is -0.143. The smallest absolute Gasteiger partial charge is 0.325 e. The van der Waals surface area contributed by atoms with Gasteiger partial charge in [0.2, 0.25) is 0 Å². The first-order chi connectivity index (χ1) is 14.7. The molecule has 160 valence electrons. The van der Waals surface area contributed by atoms with E-state index in [-0.39, 0.29) is 18.0 Å².